The molecule has 3 rings (SSSR count). The molecule has 2 heterocycles. The number of carbonyl (C=O) groups excluding carboxylic acids is 1. The minimum absolute atomic E-state index is 0.0212. The second-order valence-corrected chi connectivity index (χ2v) is 6.01. The van der Waals surface area contributed by atoms with Crippen LogP contribution in [0.4, 0.5) is 0 Å². The quantitative estimate of drug-likeness (QED) is 0.848. The van der Waals surface area contributed by atoms with Crippen LogP contribution in [0.5, 0.6) is 5.75 Å². The fourth-order valence-electron chi connectivity index (χ4n) is 2.49. The molecule has 1 aliphatic rings. The highest BCUT2D eigenvalue weighted by atomic mass is 16.5. The van der Waals surface area contributed by atoms with E-state index < -0.39 is 0 Å². The fourth-order valence-corrected chi connectivity index (χ4v) is 2.49. The largest absolute Gasteiger partial charge is 0.494 e. The van der Waals surface area contributed by atoms with Crippen LogP contribution < -0.4 is 4.74 Å². The zero-order valence-electron chi connectivity index (χ0n) is 13.7. The predicted octanol–water partition coefficient (Wildman–Crippen LogP) is 2.83. The molecule has 1 amide bonds. The number of ether oxygens (including phenoxy) is 1. The van der Waals surface area contributed by atoms with Gasteiger partial charge in [-0.3, -0.25) is 4.79 Å². The molecular weight excluding hydrogens is 294 g/mol. The lowest BCUT2D eigenvalue weighted by Gasteiger charge is -2.37. The average Bonchev–Trinajstić information content (AvgIpc) is 2.96. The van der Waals surface area contributed by atoms with E-state index >= 15 is 0 Å². The number of nitrogens with zero attached hydrogens (tertiary/aromatic N) is 3. The van der Waals surface area contributed by atoms with Gasteiger partial charge in [-0.2, -0.15) is 4.98 Å². The van der Waals surface area contributed by atoms with Gasteiger partial charge in [0.2, 0.25) is 5.89 Å². The lowest BCUT2D eigenvalue weighted by Crippen LogP contribution is -2.48. The number of rotatable bonds is 5. The molecule has 0 bridgehead atoms. The van der Waals surface area contributed by atoms with Crippen molar-refractivity contribution in [1.82, 2.24) is 15.0 Å². The third kappa shape index (κ3) is 3.21. The second-order valence-electron chi connectivity index (χ2n) is 6.01. The third-order valence-corrected chi connectivity index (χ3v) is 3.90. The summed E-state index contributed by atoms with van der Waals surface area (Å²) in [7, 11) is 0. The van der Waals surface area contributed by atoms with Crippen molar-refractivity contribution in [3.63, 3.8) is 0 Å². The summed E-state index contributed by atoms with van der Waals surface area (Å²) in [5.41, 5.74) is 0.667. The molecule has 0 saturated carbocycles. The highest BCUT2D eigenvalue weighted by Gasteiger charge is 2.36. The maximum absolute atomic E-state index is 12.4. The molecule has 0 atom stereocenters. The lowest BCUT2D eigenvalue weighted by molar-refractivity contribution is 0.0569. The Balaban J connectivity index is 1.58. The second kappa shape index (κ2) is 6.40. The van der Waals surface area contributed by atoms with Gasteiger partial charge in [-0.1, -0.05) is 19.0 Å². The van der Waals surface area contributed by atoms with Crippen molar-refractivity contribution in [2.45, 2.75) is 32.6 Å². The van der Waals surface area contributed by atoms with E-state index in [9.17, 15) is 4.79 Å². The van der Waals surface area contributed by atoms with Gasteiger partial charge in [0, 0.05) is 24.6 Å². The van der Waals surface area contributed by atoms with Gasteiger partial charge in [-0.25, -0.2) is 0 Å². The van der Waals surface area contributed by atoms with Crippen LogP contribution in [-0.4, -0.2) is 40.6 Å². The Morgan fingerprint density at radius 3 is 2.61 bits per heavy atom. The molecular formula is C17H21N3O3. The summed E-state index contributed by atoms with van der Waals surface area (Å²) in [5, 5.41) is 3.97. The van der Waals surface area contributed by atoms with Gasteiger partial charge in [-0.05, 0) is 31.2 Å². The standard InChI is InChI=1S/C17H21N3O3/c1-4-22-14-7-5-12(6-8-14)17(21)20-9-13(10-20)16-18-15(11(2)3)19-23-16/h5-8,11,13H,4,9-10H2,1-3H3. The minimum atomic E-state index is 0.0212. The van der Waals surface area contributed by atoms with E-state index in [1.807, 2.05) is 32.9 Å². The monoisotopic (exact) mass is 315 g/mol. The van der Waals surface area contributed by atoms with Crippen molar-refractivity contribution in [3.8, 4) is 5.75 Å². The number of aromatic nitrogens is 2. The number of amides is 1. The van der Waals surface area contributed by atoms with E-state index in [-0.39, 0.29) is 17.7 Å². The van der Waals surface area contributed by atoms with Gasteiger partial charge in [0.25, 0.3) is 5.91 Å². The number of hydrogen-bond acceptors (Lipinski definition) is 5. The zero-order valence-corrected chi connectivity index (χ0v) is 13.7. The van der Waals surface area contributed by atoms with Gasteiger partial charge in [0.05, 0.1) is 12.5 Å². The highest BCUT2D eigenvalue weighted by molar-refractivity contribution is 5.95. The van der Waals surface area contributed by atoms with Crippen molar-refractivity contribution >= 4 is 5.91 Å². The average molecular weight is 315 g/mol. The predicted molar refractivity (Wildman–Crippen MR) is 84.6 cm³/mol. The van der Waals surface area contributed by atoms with Crippen LogP contribution in [0, 0.1) is 0 Å². The summed E-state index contributed by atoms with van der Waals surface area (Å²) in [6.45, 7) is 7.83. The first kappa shape index (κ1) is 15.5. The molecule has 2 aromatic rings. The van der Waals surface area contributed by atoms with Crippen molar-refractivity contribution in [3.05, 3.63) is 41.5 Å². The lowest BCUT2D eigenvalue weighted by atomic mass is 9.98. The van der Waals surface area contributed by atoms with Crippen molar-refractivity contribution in [1.29, 1.82) is 0 Å². The van der Waals surface area contributed by atoms with Crippen LogP contribution in [0.15, 0.2) is 28.8 Å². The van der Waals surface area contributed by atoms with Gasteiger partial charge < -0.3 is 14.2 Å². The van der Waals surface area contributed by atoms with Gasteiger partial charge in [-0.15, -0.1) is 0 Å². The molecule has 0 unspecified atom stereocenters. The molecule has 1 aromatic carbocycles. The molecule has 1 aromatic heterocycles. The summed E-state index contributed by atoms with van der Waals surface area (Å²) in [4.78, 5) is 18.6. The minimum Gasteiger partial charge on any atom is -0.494 e. The summed E-state index contributed by atoms with van der Waals surface area (Å²) in [6, 6.07) is 7.23. The SMILES string of the molecule is CCOc1ccc(C(=O)N2CC(c3nc(C(C)C)no3)C2)cc1. The number of carbonyl (C=O) groups is 1. The summed E-state index contributed by atoms with van der Waals surface area (Å²) >= 11 is 0. The number of likely N-dealkylation sites (tertiary alicyclic amines) is 1. The molecule has 122 valence electrons. The van der Waals surface area contributed by atoms with Crippen LogP contribution in [-0.2, 0) is 0 Å². The third-order valence-electron chi connectivity index (χ3n) is 3.90. The van der Waals surface area contributed by atoms with E-state index in [0.29, 0.717) is 31.2 Å². The molecule has 0 spiro atoms. The van der Waals surface area contributed by atoms with Gasteiger partial charge >= 0.3 is 0 Å². The van der Waals surface area contributed by atoms with Gasteiger partial charge in [0.15, 0.2) is 5.82 Å². The Kier molecular flexibility index (Phi) is 4.32. The van der Waals surface area contributed by atoms with Crippen molar-refractivity contribution < 1.29 is 14.1 Å². The summed E-state index contributed by atoms with van der Waals surface area (Å²) in [5.74, 6) is 2.53. The number of hydrogen-bond donors (Lipinski definition) is 0. The van der Waals surface area contributed by atoms with E-state index in [4.69, 9.17) is 9.26 Å². The molecule has 1 aliphatic heterocycles. The van der Waals surface area contributed by atoms with Gasteiger partial charge in [0.1, 0.15) is 5.75 Å². The van der Waals surface area contributed by atoms with Crippen LogP contribution in [0.2, 0.25) is 0 Å². The van der Waals surface area contributed by atoms with E-state index in [1.165, 1.54) is 0 Å². The molecule has 0 radical (unpaired) electrons. The highest BCUT2D eigenvalue weighted by Crippen LogP contribution is 2.28. The van der Waals surface area contributed by atoms with Crippen LogP contribution in [0.1, 0.15) is 54.7 Å². The Hall–Kier alpha value is -2.37. The van der Waals surface area contributed by atoms with Crippen LogP contribution >= 0.6 is 0 Å². The first-order valence-electron chi connectivity index (χ1n) is 7.94. The zero-order chi connectivity index (χ0) is 16.4. The fraction of sp³-hybridized carbons (Fsp3) is 0.471. The molecule has 6 heteroatoms. The Labute approximate surface area is 135 Å². The van der Waals surface area contributed by atoms with E-state index in [2.05, 4.69) is 10.1 Å². The Morgan fingerprint density at radius 2 is 2.04 bits per heavy atom. The van der Waals surface area contributed by atoms with Crippen molar-refractivity contribution in [2.75, 3.05) is 19.7 Å². The maximum atomic E-state index is 12.4. The van der Waals surface area contributed by atoms with Crippen LogP contribution in [0.25, 0.3) is 0 Å². The maximum Gasteiger partial charge on any atom is 0.253 e. The Bertz CT molecular complexity index is 673. The first-order valence-corrected chi connectivity index (χ1v) is 7.94. The topological polar surface area (TPSA) is 68.5 Å². The molecule has 23 heavy (non-hydrogen) atoms. The normalized spacial score (nSPS) is 14.9. The Morgan fingerprint density at radius 1 is 1.35 bits per heavy atom. The summed E-state index contributed by atoms with van der Waals surface area (Å²) < 4.78 is 10.7. The van der Waals surface area contributed by atoms with E-state index in [0.717, 1.165) is 11.6 Å². The molecule has 0 aliphatic carbocycles. The molecule has 1 saturated heterocycles. The summed E-state index contributed by atoms with van der Waals surface area (Å²) in [6.07, 6.45) is 0. The van der Waals surface area contributed by atoms with Crippen LogP contribution in [0.3, 0.4) is 0 Å². The molecule has 6 nitrogen and oxygen atoms in total. The van der Waals surface area contributed by atoms with E-state index in [1.54, 1.807) is 17.0 Å². The molecule has 0 N–H and O–H groups in total. The van der Waals surface area contributed by atoms with Crippen molar-refractivity contribution in [2.24, 2.45) is 0 Å². The molecule has 1 fully saturated rings. The number of benzene rings is 1. The first-order chi connectivity index (χ1) is 11.1. The smallest absolute Gasteiger partial charge is 0.253 e.